The van der Waals surface area contributed by atoms with Gasteiger partial charge in [-0.15, -0.1) is 5.10 Å². The van der Waals surface area contributed by atoms with Crippen molar-refractivity contribution in [2.24, 2.45) is 0 Å². The first kappa shape index (κ1) is 19.9. The van der Waals surface area contributed by atoms with E-state index in [-0.39, 0.29) is 5.82 Å². The summed E-state index contributed by atoms with van der Waals surface area (Å²) in [4.78, 5) is 6.49. The van der Waals surface area contributed by atoms with E-state index in [9.17, 15) is 4.39 Å². The lowest BCUT2D eigenvalue weighted by atomic mass is 10.1. The summed E-state index contributed by atoms with van der Waals surface area (Å²) in [5, 5.41) is 8.22. The molecule has 0 spiro atoms. The number of nitrogens with zero attached hydrogens (tertiary/aromatic N) is 4. The van der Waals surface area contributed by atoms with Crippen LogP contribution in [0.1, 0.15) is 25.3 Å². The topological polar surface area (TPSA) is 45.5 Å². The van der Waals surface area contributed by atoms with E-state index in [4.69, 9.17) is 5.10 Å². The number of hydrogen-bond acceptors (Lipinski definition) is 4. The molecule has 0 radical (unpaired) electrons. The molecule has 0 bridgehead atoms. The Labute approximate surface area is 176 Å². The Balaban J connectivity index is 1.57. The number of unbranched alkanes of at least 4 members (excludes halogenated alkanes) is 1. The third-order valence-electron chi connectivity index (χ3n) is 5.09. The Morgan fingerprint density at radius 2 is 1.90 bits per heavy atom. The molecule has 2 heterocycles. The van der Waals surface area contributed by atoms with E-state index in [1.54, 1.807) is 12.1 Å². The molecule has 5 nitrogen and oxygen atoms in total. The number of nitrogens with one attached hydrogen (secondary N) is 1. The van der Waals surface area contributed by atoms with Crippen LogP contribution in [0.4, 0.5) is 15.9 Å². The Morgan fingerprint density at radius 1 is 1.07 bits per heavy atom. The summed E-state index contributed by atoms with van der Waals surface area (Å²) in [7, 11) is 1.95. The lowest BCUT2D eigenvalue weighted by Gasteiger charge is -2.18. The maximum Gasteiger partial charge on any atom is 0.154 e. The van der Waals surface area contributed by atoms with Crippen molar-refractivity contribution < 1.29 is 4.39 Å². The molecule has 2 aromatic carbocycles. The quantitative estimate of drug-likeness (QED) is 0.401. The molecule has 0 aliphatic carbocycles. The maximum absolute atomic E-state index is 13.5. The van der Waals surface area contributed by atoms with Gasteiger partial charge in [0.1, 0.15) is 11.6 Å². The first-order chi connectivity index (χ1) is 14.6. The largest absolute Gasteiger partial charge is 0.385 e. The minimum Gasteiger partial charge on any atom is -0.385 e. The van der Waals surface area contributed by atoms with Gasteiger partial charge in [-0.3, -0.25) is 0 Å². The van der Waals surface area contributed by atoms with E-state index >= 15 is 0 Å². The second-order valence-electron chi connectivity index (χ2n) is 7.45. The number of imidazole rings is 1. The van der Waals surface area contributed by atoms with Crippen molar-refractivity contribution in [3.63, 3.8) is 0 Å². The van der Waals surface area contributed by atoms with Gasteiger partial charge in [0.05, 0.1) is 11.9 Å². The molecular formula is C24H26FN5. The number of rotatable bonds is 8. The smallest absolute Gasteiger partial charge is 0.154 e. The van der Waals surface area contributed by atoms with E-state index in [2.05, 4.69) is 41.5 Å². The Bertz CT molecular complexity index is 1120. The molecule has 1 N–H and O–H groups in total. The van der Waals surface area contributed by atoms with Crippen LogP contribution in [0.15, 0.2) is 66.9 Å². The molecule has 0 saturated heterocycles. The fourth-order valence-corrected chi connectivity index (χ4v) is 3.42. The number of fused-ring (bicyclic) bond motifs is 1. The second-order valence-corrected chi connectivity index (χ2v) is 7.45. The van der Waals surface area contributed by atoms with E-state index in [1.807, 2.05) is 40.9 Å². The molecule has 0 aliphatic heterocycles. The maximum atomic E-state index is 13.5. The van der Waals surface area contributed by atoms with Gasteiger partial charge in [0.25, 0.3) is 0 Å². The second kappa shape index (κ2) is 8.95. The van der Waals surface area contributed by atoms with E-state index in [0.29, 0.717) is 6.54 Å². The Kier molecular flexibility index (Phi) is 5.93. The molecule has 0 fully saturated rings. The van der Waals surface area contributed by atoms with Crippen LogP contribution >= 0.6 is 0 Å². The monoisotopic (exact) mass is 403 g/mol. The number of anilines is 2. The van der Waals surface area contributed by atoms with Crippen molar-refractivity contribution in [3.8, 4) is 11.3 Å². The number of aromatic nitrogens is 3. The van der Waals surface area contributed by atoms with Crippen molar-refractivity contribution in [1.29, 1.82) is 0 Å². The van der Waals surface area contributed by atoms with Gasteiger partial charge in [-0.1, -0.05) is 37.6 Å². The van der Waals surface area contributed by atoms with Crippen LogP contribution < -0.4 is 10.2 Å². The van der Waals surface area contributed by atoms with E-state index in [1.165, 1.54) is 12.5 Å². The highest BCUT2D eigenvalue weighted by Gasteiger charge is 2.11. The molecule has 0 unspecified atom stereocenters. The van der Waals surface area contributed by atoms with Gasteiger partial charge >= 0.3 is 0 Å². The predicted molar refractivity (Wildman–Crippen MR) is 120 cm³/mol. The van der Waals surface area contributed by atoms with Crippen molar-refractivity contribution in [2.75, 3.05) is 23.8 Å². The normalized spacial score (nSPS) is 11.0. The first-order valence-corrected chi connectivity index (χ1v) is 10.3. The summed E-state index contributed by atoms with van der Waals surface area (Å²) in [5.41, 5.74) is 4.80. The SMILES string of the molecule is CCCCNc1ccc(-c2cnc3ccc(N(C)Cc4cccc(F)c4)nn23)cc1. The molecule has 4 aromatic rings. The summed E-state index contributed by atoms with van der Waals surface area (Å²) in [5.74, 6) is 0.567. The highest BCUT2D eigenvalue weighted by atomic mass is 19.1. The molecule has 6 heteroatoms. The fourth-order valence-electron chi connectivity index (χ4n) is 3.42. The van der Waals surface area contributed by atoms with Crippen LogP contribution in [0, 0.1) is 5.82 Å². The van der Waals surface area contributed by atoms with E-state index in [0.717, 1.165) is 46.9 Å². The molecule has 0 aliphatic rings. The van der Waals surface area contributed by atoms with Crippen molar-refractivity contribution in [3.05, 3.63) is 78.2 Å². The Morgan fingerprint density at radius 3 is 2.67 bits per heavy atom. The van der Waals surface area contributed by atoms with Crippen molar-refractivity contribution in [1.82, 2.24) is 14.6 Å². The molecule has 0 amide bonds. The average Bonchev–Trinajstić information content (AvgIpc) is 3.18. The zero-order chi connectivity index (χ0) is 20.9. The molecule has 4 rings (SSSR count). The number of hydrogen-bond donors (Lipinski definition) is 1. The lowest BCUT2D eigenvalue weighted by molar-refractivity contribution is 0.625. The van der Waals surface area contributed by atoms with Crippen LogP contribution in [0.25, 0.3) is 16.9 Å². The van der Waals surface area contributed by atoms with Crippen molar-refractivity contribution in [2.45, 2.75) is 26.3 Å². The summed E-state index contributed by atoms with van der Waals surface area (Å²) >= 11 is 0. The predicted octanol–water partition coefficient (Wildman–Crippen LogP) is 5.38. The number of halogens is 1. The summed E-state index contributed by atoms with van der Waals surface area (Å²) in [6.45, 7) is 3.73. The average molecular weight is 404 g/mol. The lowest BCUT2D eigenvalue weighted by Crippen LogP contribution is -2.18. The van der Waals surface area contributed by atoms with Gasteiger partial charge in [0.15, 0.2) is 5.65 Å². The van der Waals surface area contributed by atoms with Crippen LogP contribution in [0.3, 0.4) is 0 Å². The van der Waals surface area contributed by atoms with Crippen LogP contribution in [-0.2, 0) is 6.54 Å². The first-order valence-electron chi connectivity index (χ1n) is 10.3. The van der Waals surface area contributed by atoms with Gasteiger partial charge in [0.2, 0.25) is 0 Å². The standard InChI is InChI=1S/C24H26FN5/c1-3-4-14-26-21-10-8-19(9-11-21)22-16-27-23-12-13-24(28-30(22)23)29(2)17-18-6-5-7-20(25)15-18/h5-13,15-16,26H,3-4,14,17H2,1-2H3. The fraction of sp³-hybridized carbons (Fsp3) is 0.250. The minimum absolute atomic E-state index is 0.228. The van der Waals surface area contributed by atoms with Gasteiger partial charge in [0, 0.05) is 31.4 Å². The van der Waals surface area contributed by atoms with Crippen LogP contribution in [0.5, 0.6) is 0 Å². The third kappa shape index (κ3) is 4.43. The van der Waals surface area contributed by atoms with Gasteiger partial charge in [-0.05, 0) is 48.4 Å². The summed E-state index contributed by atoms with van der Waals surface area (Å²) < 4.78 is 15.3. The molecule has 0 atom stereocenters. The Hall–Kier alpha value is -3.41. The molecule has 154 valence electrons. The van der Waals surface area contributed by atoms with Gasteiger partial charge < -0.3 is 10.2 Å². The highest BCUT2D eigenvalue weighted by Crippen LogP contribution is 2.24. The summed E-state index contributed by atoms with van der Waals surface area (Å²) in [6, 6.07) is 18.9. The van der Waals surface area contributed by atoms with Crippen LogP contribution in [0.2, 0.25) is 0 Å². The number of benzene rings is 2. The highest BCUT2D eigenvalue weighted by molar-refractivity contribution is 5.66. The third-order valence-corrected chi connectivity index (χ3v) is 5.09. The molecule has 30 heavy (non-hydrogen) atoms. The zero-order valence-electron chi connectivity index (χ0n) is 17.3. The zero-order valence-corrected chi connectivity index (χ0v) is 17.3. The summed E-state index contributed by atoms with van der Waals surface area (Å²) in [6.07, 6.45) is 4.18. The molecule has 0 saturated carbocycles. The molecule has 2 aromatic heterocycles. The van der Waals surface area contributed by atoms with Crippen LogP contribution in [-0.4, -0.2) is 28.2 Å². The van der Waals surface area contributed by atoms with E-state index < -0.39 is 0 Å². The minimum atomic E-state index is -0.228. The van der Waals surface area contributed by atoms with Gasteiger partial charge in [-0.2, -0.15) is 0 Å². The van der Waals surface area contributed by atoms with Crippen molar-refractivity contribution >= 4 is 17.2 Å². The van der Waals surface area contributed by atoms with Gasteiger partial charge in [-0.25, -0.2) is 13.9 Å². The molecular weight excluding hydrogens is 377 g/mol.